The highest BCUT2D eigenvalue weighted by atomic mass is 35.5. The summed E-state index contributed by atoms with van der Waals surface area (Å²) in [6.07, 6.45) is 0. The molecule has 0 fully saturated rings. The van der Waals surface area contributed by atoms with Crippen molar-refractivity contribution in [2.45, 2.75) is 13.0 Å². The average Bonchev–Trinajstić information content (AvgIpc) is 2.91. The van der Waals surface area contributed by atoms with Crippen LogP contribution in [0.1, 0.15) is 18.5 Å². The molecule has 0 aliphatic carbocycles. The maximum absolute atomic E-state index is 6.27. The highest BCUT2D eigenvalue weighted by Gasteiger charge is 2.14. The van der Waals surface area contributed by atoms with Gasteiger partial charge in [0.1, 0.15) is 11.0 Å². The van der Waals surface area contributed by atoms with Crippen molar-refractivity contribution in [3.05, 3.63) is 52.0 Å². The normalized spacial score (nSPS) is 12.6. The van der Waals surface area contributed by atoms with Crippen LogP contribution in [0.4, 0.5) is 5.69 Å². The molecule has 20 heavy (non-hydrogen) atoms. The monoisotopic (exact) mass is 323 g/mol. The van der Waals surface area contributed by atoms with Crippen LogP contribution in [-0.4, -0.2) is 8.75 Å². The molecule has 3 aromatic rings. The molecule has 0 aliphatic heterocycles. The third-order valence-corrected chi connectivity index (χ3v) is 4.31. The van der Waals surface area contributed by atoms with Gasteiger partial charge in [-0.1, -0.05) is 41.4 Å². The number of nitrogens with one attached hydrogen (secondary N) is 1. The number of anilines is 1. The number of aromatic nitrogens is 2. The van der Waals surface area contributed by atoms with Gasteiger partial charge in [-0.3, -0.25) is 0 Å². The second-order valence-corrected chi connectivity index (χ2v) is 5.78. The minimum atomic E-state index is 0.0218. The molecule has 0 saturated heterocycles. The van der Waals surface area contributed by atoms with Crippen molar-refractivity contribution in [1.82, 2.24) is 8.75 Å². The lowest BCUT2D eigenvalue weighted by Gasteiger charge is -2.18. The van der Waals surface area contributed by atoms with Crippen LogP contribution >= 0.6 is 34.9 Å². The van der Waals surface area contributed by atoms with Crippen LogP contribution in [-0.2, 0) is 0 Å². The van der Waals surface area contributed by atoms with Gasteiger partial charge in [-0.2, -0.15) is 8.75 Å². The molecular formula is C14H11Cl2N3S. The Morgan fingerprint density at radius 1 is 1.05 bits per heavy atom. The van der Waals surface area contributed by atoms with Gasteiger partial charge in [-0.15, -0.1) is 0 Å². The number of benzene rings is 2. The van der Waals surface area contributed by atoms with Crippen molar-refractivity contribution in [2.24, 2.45) is 0 Å². The molecular weight excluding hydrogens is 313 g/mol. The van der Waals surface area contributed by atoms with Gasteiger partial charge in [0.2, 0.25) is 0 Å². The fourth-order valence-corrected chi connectivity index (χ4v) is 3.13. The Labute approximate surface area is 130 Å². The number of hydrogen-bond donors (Lipinski definition) is 1. The summed E-state index contributed by atoms with van der Waals surface area (Å²) in [6, 6.07) is 11.5. The summed E-state index contributed by atoms with van der Waals surface area (Å²) >= 11 is 13.7. The SMILES string of the molecule is CC(Nc1c(Cl)ccc2nsnc12)c1ccccc1Cl. The zero-order valence-corrected chi connectivity index (χ0v) is 12.9. The highest BCUT2D eigenvalue weighted by molar-refractivity contribution is 7.00. The number of hydrogen-bond acceptors (Lipinski definition) is 4. The second-order valence-electron chi connectivity index (χ2n) is 4.44. The van der Waals surface area contributed by atoms with Crippen LogP contribution in [0.15, 0.2) is 36.4 Å². The number of rotatable bonds is 3. The predicted octanol–water partition coefficient (Wildman–Crippen LogP) is 5.17. The fraction of sp³-hybridized carbons (Fsp3) is 0.143. The Kier molecular flexibility index (Phi) is 3.78. The van der Waals surface area contributed by atoms with E-state index in [1.165, 1.54) is 11.7 Å². The minimum Gasteiger partial charge on any atom is -0.375 e. The zero-order valence-electron chi connectivity index (χ0n) is 10.6. The fourth-order valence-electron chi connectivity index (χ4n) is 2.08. The summed E-state index contributed by atoms with van der Waals surface area (Å²) in [7, 11) is 0. The maximum Gasteiger partial charge on any atom is 0.129 e. The van der Waals surface area contributed by atoms with Gasteiger partial charge in [-0.05, 0) is 30.7 Å². The molecule has 0 radical (unpaired) electrons. The Balaban J connectivity index is 1.99. The summed E-state index contributed by atoms with van der Waals surface area (Å²) in [4.78, 5) is 0. The molecule has 0 bridgehead atoms. The average molecular weight is 324 g/mol. The van der Waals surface area contributed by atoms with Crippen molar-refractivity contribution < 1.29 is 0 Å². The lowest BCUT2D eigenvalue weighted by molar-refractivity contribution is 0.887. The highest BCUT2D eigenvalue weighted by Crippen LogP contribution is 2.34. The minimum absolute atomic E-state index is 0.0218. The largest absolute Gasteiger partial charge is 0.375 e. The smallest absolute Gasteiger partial charge is 0.129 e. The molecule has 1 aromatic heterocycles. The number of fused-ring (bicyclic) bond motifs is 1. The summed E-state index contributed by atoms with van der Waals surface area (Å²) in [5.41, 5.74) is 3.45. The topological polar surface area (TPSA) is 37.8 Å². The molecule has 0 amide bonds. The van der Waals surface area contributed by atoms with E-state index in [1.54, 1.807) is 0 Å². The first-order valence-corrected chi connectivity index (χ1v) is 7.57. The van der Waals surface area contributed by atoms with Crippen LogP contribution in [0.2, 0.25) is 10.0 Å². The molecule has 6 heteroatoms. The van der Waals surface area contributed by atoms with Crippen LogP contribution in [0.3, 0.4) is 0 Å². The third-order valence-electron chi connectivity index (χ3n) is 3.11. The molecule has 0 spiro atoms. The van der Waals surface area contributed by atoms with Crippen LogP contribution < -0.4 is 5.32 Å². The van der Waals surface area contributed by atoms with Crippen molar-refractivity contribution in [2.75, 3.05) is 5.32 Å². The van der Waals surface area contributed by atoms with Gasteiger partial charge < -0.3 is 5.32 Å². The Morgan fingerprint density at radius 3 is 2.65 bits per heavy atom. The summed E-state index contributed by atoms with van der Waals surface area (Å²) in [5, 5.41) is 4.74. The van der Waals surface area contributed by atoms with Crippen LogP contribution in [0.25, 0.3) is 11.0 Å². The van der Waals surface area contributed by atoms with Crippen molar-refractivity contribution >= 4 is 51.7 Å². The molecule has 2 aromatic carbocycles. The first-order valence-electron chi connectivity index (χ1n) is 6.08. The van der Waals surface area contributed by atoms with Gasteiger partial charge in [-0.25, -0.2) is 0 Å². The molecule has 102 valence electrons. The second kappa shape index (κ2) is 5.56. The Morgan fingerprint density at radius 2 is 1.85 bits per heavy atom. The van der Waals surface area contributed by atoms with Gasteiger partial charge in [0, 0.05) is 5.02 Å². The van der Waals surface area contributed by atoms with Crippen LogP contribution in [0.5, 0.6) is 0 Å². The van der Waals surface area contributed by atoms with E-state index in [-0.39, 0.29) is 6.04 Å². The maximum atomic E-state index is 6.27. The van der Waals surface area contributed by atoms with E-state index in [1.807, 2.05) is 43.3 Å². The molecule has 1 heterocycles. The lowest BCUT2D eigenvalue weighted by atomic mass is 10.1. The molecule has 0 saturated carbocycles. The van der Waals surface area contributed by atoms with Gasteiger partial charge >= 0.3 is 0 Å². The Bertz CT molecular complexity index is 757. The van der Waals surface area contributed by atoms with E-state index < -0.39 is 0 Å². The molecule has 1 N–H and O–H groups in total. The Hall–Kier alpha value is -1.36. The predicted molar refractivity (Wildman–Crippen MR) is 85.9 cm³/mol. The molecule has 3 nitrogen and oxygen atoms in total. The molecule has 0 aliphatic rings. The lowest BCUT2D eigenvalue weighted by Crippen LogP contribution is -2.08. The zero-order chi connectivity index (χ0) is 14.1. The van der Waals surface area contributed by atoms with Crippen molar-refractivity contribution in [1.29, 1.82) is 0 Å². The third kappa shape index (κ3) is 2.46. The first-order chi connectivity index (χ1) is 9.66. The van der Waals surface area contributed by atoms with E-state index in [2.05, 4.69) is 14.1 Å². The van der Waals surface area contributed by atoms with E-state index in [0.29, 0.717) is 5.02 Å². The van der Waals surface area contributed by atoms with Gasteiger partial charge in [0.25, 0.3) is 0 Å². The van der Waals surface area contributed by atoms with E-state index in [9.17, 15) is 0 Å². The van der Waals surface area contributed by atoms with E-state index in [0.717, 1.165) is 27.3 Å². The number of nitrogens with zero attached hydrogens (tertiary/aromatic N) is 2. The van der Waals surface area contributed by atoms with Crippen LogP contribution in [0, 0.1) is 0 Å². The standard InChI is InChI=1S/C14H11Cl2N3S/c1-8(9-4-2-3-5-10(9)15)17-13-11(16)6-7-12-14(13)19-20-18-12/h2-8,17H,1H3. The van der Waals surface area contributed by atoms with Crippen molar-refractivity contribution in [3.63, 3.8) is 0 Å². The van der Waals surface area contributed by atoms with Gasteiger partial charge in [0.15, 0.2) is 0 Å². The van der Waals surface area contributed by atoms with E-state index in [4.69, 9.17) is 23.2 Å². The van der Waals surface area contributed by atoms with Crippen molar-refractivity contribution in [3.8, 4) is 0 Å². The van der Waals surface area contributed by atoms with E-state index >= 15 is 0 Å². The summed E-state index contributed by atoms with van der Waals surface area (Å²) in [6.45, 7) is 2.04. The molecule has 3 rings (SSSR count). The summed E-state index contributed by atoms with van der Waals surface area (Å²) < 4.78 is 8.52. The molecule has 1 atom stereocenters. The van der Waals surface area contributed by atoms with Gasteiger partial charge in [0.05, 0.1) is 28.5 Å². The quantitative estimate of drug-likeness (QED) is 0.722. The first kappa shape index (κ1) is 13.6. The molecule has 1 unspecified atom stereocenters. The number of halogens is 2. The summed E-state index contributed by atoms with van der Waals surface area (Å²) in [5.74, 6) is 0.